The number of methoxy groups -OCH3 is 1. The molecule has 0 saturated carbocycles. The number of halogens is 2. The van der Waals surface area contributed by atoms with E-state index in [9.17, 15) is 22.0 Å². The van der Waals surface area contributed by atoms with Crippen LogP contribution in [0.25, 0.3) is 0 Å². The molecular formula is C21H24F2N2O4S. The third kappa shape index (κ3) is 5.14. The predicted molar refractivity (Wildman–Crippen MR) is 109 cm³/mol. The Labute approximate surface area is 174 Å². The van der Waals surface area contributed by atoms with Crippen LogP contribution in [0.3, 0.4) is 0 Å². The lowest BCUT2D eigenvalue weighted by Gasteiger charge is -2.26. The van der Waals surface area contributed by atoms with E-state index in [0.717, 1.165) is 31.4 Å². The summed E-state index contributed by atoms with van der Waals surface area (Å²) in [6.45, 7) is 0.953. The Morgan fingerprint density at radius 1 is 1.07 bits per heavy atom. The fourth-order valence-corrected chi connectivity index (χ4v) is 4.91. The second-order valence-electron chi connectivity index (χ2n) is 7.12. The normalized spacial score (nSPS) is 15.0. The molecule has 0 spiro atoms. The van der Waals surface area contributed by atoms with Crippen LogP contribution in [-0.4, -0.2) is 38.8 Å². The summed E-state index contributed by atoms with van der Waals surface area (Å²) < 4.78 is 58.8. The third-order valence-corrected chi connectivity index (χ3v) is 6.92. The zero-order valence-electron chi connectivity index (χ0n) is 16.7. The Hall–Kier alpha value is -2.52. The zero-order valence-corrected chi connectivity index (χ0v) is 17.5. The highest BCUT2D eigenvalue weighted by atomic mass is 32.2. The van der Waals surface area contributed by atoms with E-state index in [1.807, 2.05) is 0 Å². The summed E-state index contributed by atoms with van der Waals surface area (Å²) in [6.07, 6.45) is 2.87. The van der Waals surface area contributed by atoms with Crippen LogP contribution in [0.5, 0.6) is 5.75 Å². The van der Waals surface area contributed by atoms with Crippen molar-refractivity contribution in [3.05, 3.63) is 53.6 Å². The number of sulfonamides is 1. The maximum atomic E-state index is 13.3. The lowest BCUT2D eigenvalue weighted by molar-refractivity contribution is -0.116. The van der Waals surface area contributed by atoms with Crippen molar-refractivity contribution < 1.29 is 26.7 Å². The SMILES string of the molecule is COc1ccc(S(=O)(=O)N2CCCCC2)cc1NC(=O)CCc1ccc(F)c(F)c1. The van der Waals surface area contributed by atoms with Crippen LogP contribution in [0.15, 0.2) is 41.3 Å². The summed E-state index contributed by atoms with van der Waals surface area (Å²) in [5.41, 5.74) is 0.725. The van der Waals surface area contributed by atoms with Crippen LogP contribution in [0.4, 0.5) is 14.5 Å². The van der Waals surface area contributed by atoms with E-state index in [2.05, 4.69) is 5.32 Å². The Bertz CT molecular complexity index is 1020. The predicted octanol–water partition coefficient (Wildman–Crippen LogP) is 3.72. The Kier molecular flexibility index (Phi) is 7.04. The summed E-state index contributed by atoms with van der Waals surface area (Å²) in [7, 11) is -2.24. The molecule has 1 aliphatic rings. The van der Waals surface area contributed by atoms with Gasteiger partial charge in [-0.15, -0.1) is 0 Å². The molecule has 30 heavy (non-hydrogen) atoms. The number of hydrogen-bond acceptors (Lipinski definition) is 4. The van der Waals surface area contributed by atoms with Crippen molar-refractivity contribution in [1.82, 2.24) is 4.31 Å². The zero-order chi connectivity index (χ0) is 21.7. The molecule has 0 bridgehead atoms. The minimum absolute atomic E-state index is 0.0112. The number of carbonyl (C=O) groups is 1. The number of hydrogen-bond donors (Lipinski definition) is 1. The minimum atomic E-state index is -3.66. The van der Waals surface area contributed by atoms with Crippen molar-refractivity contribution in [3.8, 4) is 5.75 Å². The minimum Gasteiger partial charge on any atom is -0.495 e. The van der Waals surface area contributed by atoms with E-state index in [1.165, 1.54) is 35.7 Å². The van der Waals surface area contributed by atoms with Crippen LogP contribution in [-0.2, 0) is 21.2 Å². The third-order valence-electron chi connectivity index (χ3n) is 5.02. The molecule has 3 rings (SSSR count). The van der Waals surface area contributed by atoms with Gasteiger partial charge in [-0.25, -0.2) is 17.2 Å². The molecule has 0 unspecified atom stereocenters. The molecule has 0 radical (unpaired) electrons. The largest absolute Gasteiger partial charge is 0.495 e. The summed E-state index contributed by atoms with van der Waals surface area (Å²) in [4.78, 5) is 12.5. The molecule has 9 heteroatoms. The fraction of sp³-hybridized carbons (Fsp3) is 0.381. The molecule has 2 aromatic rings. The van der Waals surface area contributed by atoms with Crippen molar-refractivity contribution in [2.24, 2.45) is 0 Å². The highest BCUT2D eigenvalue weighted by Gasteiger charge is 2.27. The number of nitrogens with one attached hydrogen (secondary N) is 1. The average molecular weight is 438 g/mol. The second kappa shape index (κ2) is 9.53. The molecule has 1 aliphatic heterocycles. The first-order valence-corrected chi connectivity index (χ1v) is 11.2. The summed E-state index contributed by atoms with van der Waals surface area (Å²) in [5, 5.41) is 2.66. The lowest BCUT2D eigenvalue weighted by Crippen LogP contribution is -2.35. The van der Waals surface area contributed by atoms with Crippen LogP contribution < -0.4 is 10.1 Å². The number of aryl methyl sites for hydroxylation is 1. The maximum Gasteiger partial charge on any atom is 0.243 e. The molecule has 6 nitrogen and oxygen atoms in total. The summed E-state index contributed by atoms with van der Waals surface area (Å²) in [6, 6.07) is 7.83. The van der Waals surface area contributed by atoms with Gasteiger partial charge in [-0.05, 0) is 55.2 Å². The van der Waals surface area contributed by atoms with Crippen molar-refractivity contribution in [2.45, 2.75) is 37.0 Å². The molecule has 1 saturated heterocycles. The van der Waals surface area contributed by atoms with Gasteiger partial charge < -0.3 is 10.1 Å². The lowest BCUT2D eigenvalue weighted by atomic mass is 10.1. The number of ether oxygens (including phenoxy) is 1. The fourth-order valence-electron chi connectivity index (χ4n) is 3.37. The first-order valence-electron chi connectivity index (χ1n) is 9.73. The van der Waals surface area contributed by atoms with Gasteiger partial charge in [0.05, 0.1) is 17.7 Å². The van der Waals surface area contributed by atoms with Gasteiger partial charge in [-0.2, -0.15) is 4.31 Å². The molecule has 2 aromatic carbocycles. The van der Waals surface area contributed by atoms with Crippen LogP contribution >= 0.6 is 0 Å². The van der Waals surface area contributed by atoms with Crippen LogP contribution in [0.1, 0.15) is 31.2 Å². The molecule has 0 aliphatic carbocycles. The molecule has 162 valence electrons. The standard InChI is InChI=1S/C21H24F2N2O4S/c1-29-20-9-7-16(30(27,28)25-11-3-2-4-12-25)14-19(20)24-21(26)10-6-15-5-8-17(22)18(23)13-15/h5,7-9,13-14H,2-4,6,10-12H2,1H3,(H,24,26). The van der Waals surface area contributed by atoms with E-state index >= 15 is 0 Å². The van der Waals surface area contributed by atoms with Crippen molar-refractivity contribution in [3.63, 3.8) is 0 Å². The van der Waals surface area contributed by atoms with Gasteiger partial charge >= 0.3 is 0 Å². The molecule has 1 heterocycles. The van der Waals surface area contributed by atoms with Gasteiger partial charge in [-0.3, -0.25) is 4.79 Å². The Morgan fingerprint density at radius 2 is 1.80 bits per heavy atom. The molecule has 0 aromatic heterocycles. The van der Waals surface area contributed by atoms with Gasteiger partial charge in [0.25, 0.3) is 0 Å². The van der Waals surface area contributed by atoms with E-state index < -0.39 is 27.6 Å². The van der Waals surface area contributed by atoms with Crippen LogP contribution in [0.2, 0.25) is 0 Å². The topological polar surface area (TPSA) is 75.7 Å². The van der Waals surface area contributed by atoms with Crippen molar-refractivity contribution >= 4 is 21.6 Å². The van der Waals surface area contributed by atoms with Gasteiger partial charge in [0.2, 0.25) is 15.9 Å². The van der Waals surface area contributed by atoms with Gasteiger partial charge in [0.1, 0.15) is 5.75 Å². The monoisotopic (exact) mass is 438 g/mol. The first-order chi connectivity index (χ1) is 14.3. The van der Waals surface area contributed by atoms with Crippen molar-refractivity contribution in [1.29, 1.82) is 0 Å². The number of piperidine rings is 1. The summed E-state index contributed by atoms with van der Waals surface area (Å²) >= 11 is 0. The molecular weight excluding hydrogens is 414 g/mol. The van der Waals surface area contributed by atoms with Gasteiger partial charge in [0.15, 0.2) is 11.6 Å². The molecule has 1 amide bonds. The highest BCUT2D eigenvalue weighted by molar-refractivity contribution is 7.89. The second-order valence-corrected chi connectivity index (χ2v) is 9.06. The van der Waals surface area contributed by atoms with Crippen LogP contribution in [0, 0.1) is 11.6 Å². The van der Waals surface area contributed by atoms with E-state index in [-0.39, 0.29) is 23.4 Å². The smallest absolute Gasteiger partial charge is 0.243 e. The highest BCUT2D eigenvalue weighted by Crippen LogP contribution is 2.30. The Balaban J connectivity index is 1.73. The van der Waals surface area contributed by atoms with Gasteiger partial charge in [-0.1, -0.05) is 12.5 Å². The Morgan fingerprint density at radius 3 is 2.47 bits per heavy atom. The quantitative estimate of drug-likeness (QED) is 0.715. The van der Waals surface area contributed by atoms with E-state index in [4.69, 9.17) is 4.74 Å². The molecule has 1 fully saturated rings. The average Bonchev–Trinajstić information content (AvgIpc) is 2.75. The number of rotatable bonds is 7. The van der Waals surface area contributed by atoms with Crippen molar-refractivity contribution in [2.75, 3.05) is 25.5 Å². The molecule has 1 N–H and O–H groups in total. The number of benzene rings is 2. The maximum absolute atomic E-state index is 13.3. The number of anilines is 1. The summed E-state index contributed by atoms with van der Waals surface area (Å²) in [5.74, 6) is -1.98. The number of nitrogens with zero attached hydrogens (tertiary/aromatic N) is 1. The first kappa shape index (κ1) is 22.2. The molecule has 0 atom stereocenters. The number of amides is 1. The van der Waals surface area contributed by atoms with E-state index in [0.29, 0.717) is 24.4 Å². The van der Waals surface area contributed by atoms with Gasteiger partial charge in [0, 0.05) is 19.5 Å². The number of carbonyl (C=O) groups excluding carboxylic acids is 1. The van der Waals surface area contributed by atoms with E-state index in [1.54, 1.807) is 0 Å².